The van der Waals surface area contributed by atoms with Crippen molar-refractivity contribution in [3.63, 3.8) is 0 Å². The molecule has 1 atom stereocenters. The first-order valence-electron chi connectivity index (χ1n) is 6.92. The fraction of sp³-hybridized carbons (Fsp3) is 0.533. The number of anilines is 1. The van der Waals surface area contributed by atoms with Gasteiger partial charge in [0, 0.05) is 36.9 Å². The van der Waals surface area contributed by atoms with E-state index in [0.717, 1.165) is 37.3 Å². The molecule has 1 unspecified atom stereocenters. The Balaban J connectivity index is 2.12. The normalized spacial score (nSPS) is 20.6. The van der Waals surface area contributed by atoms with Crippen LogP contribution in [-0.4, -0.2) is 47.9 Å². The third-order valence-electron chi connectivity index (χ3n) is 3.94. The summed E-state index contributed by atoms with van der Waals surface area (Å²) < 4.78 is 0. The Morgan fingerprint density at radius 1 is 1.42 bits per heavy atom. The highest BCUT2D eigenvalue weighted by Gasteiger charge is 2.26. The number of rotatable bonds is 2. The van der Waals surface area contributed by atoms with Gasteiger partial charge in [-0.2, -0.15) is 0 Å². The molecule has 0 bridgehead atoms. The fourth-order valence-electron chi connectivity index (χ4n) is 2.75. The Labute approximate surface area is 115 Å². The summed E-state index contributed by atoms with van der Waals surface area (Å²) in [6.07, 6.45) is 0. The van der Waals surface area contributed by atoms with Gasteiger partial charge in [0.25, 0.3) is 5.91 Å². The van der Waals surface area contributed by atoms with E-state index < -0.39 is 0 Å². The second-order valence-corrected chi connectivity index (χ2v) is 5.30. The maximum Gasteiger partial charge on any atom is 0.254 e. The molecule has 2 rings (SSSR count). The van der Waals surface area contributed by atoms with E-state index in [1.807, 2.05) is 24.0 Å². The average molecular weight is 261 g/mol. The third-order valence-corrected chi connectivity index (χ3v) is 3.94. The van der Waals surface area contributed by atoms with E-state index in [1.165, 1.54) is 0 Å². The standard InChI is InChI=1S/C15H23N3O/c1-4-17-7-8-18(10-12(17)3)15(19)14-6-5-13(16)9-11(14)2/h5-6,9,12H,4,7-8,10,16H2,1-3H3. The first kappa shape index (κ1) is 13.9. The lowest BCUT2D eigenvalue weighted by Crippen LogP contribution is -2.53. The lowest BCUT2D eigenvalue weighted by atomic mass is 10.1. The van der Waals surface area contributed by atoms with Crippen LogP contribution >= 0.6 is 0 Å². The first-order chi connectivity index (χ1) is 9.02. The second-order valence-electron chi connectivity index (χ2n) is 5.30. The molecule has 1 fully saturated rings. The van der Waals surface area contributed by atoms with E-state index in [1.54, 1.807) is 6.07 Å². The van der Waals surface area contributed by atoms with Gasteiger partial charge in [-0.25, -0.2) is 0 Å². The molecular weight excluding hydrogens is 238 g/mol. The zero-order valence-electron chi connectivity index (χ0n) is 12.0. The Bertz CT molecular complexity index is 472. The van der Waals surface area contributed by atoms with E-state index in [9.17, 15) is 4.79 Å². The minimum absolute atomic E-state index is 0.125. The van der Waals surface area contributed by atoms with E-state index in [4.69, 9.17) is 5.73 Å². The molecule has 4 nitrogen and oxygen atoms in total. The van der Waals surface area contributed by atoms with Crippen LogP contribution in [0.4, 0.5) is 5.69 Å². The molecule has 2 N–H and O–H groups in total. The summed E-state index contributed by atoms with van der Waals surface area (Å²) in [5.74, 6) is 0.125. The van der Waals surface area contributed by atoms with Gasteiger partial charge in [-0.1, -0.05) is 6.92 Å². The van der Waals surface area contributed by atoms with Crippen molar-refractivity contribution in [3.05, 3.63) is 29.3 Å². The predicted molar refractivity (Wildman–Crippen MR) is 78.2 cm³/mol. The van der Waals surface area contributed by atoms with E-state index in [2.05, 4.69) is 18.7 Å². The number of piperazine rings is 1. The molecule has 1 heterocycles. The van der Waals surface area contributed by atoms with Gasteiger partial charge in [-0.05, 0) is 44.2 Å². The topological polar surface area (TPSA) is 49.6 Å². The monoisotopic (exact) mass is 261 g/mol. The van der Waals surface area contributed by atoms with Crippen LogP contribution in [-0.2, 0) is 0 Å². The van der Waals surface area contributed by atoms with Crippen LogP contribution in [0.5, 0.6) is 0 Å². The molecule has 1 aliphatic heterocycles. The van der Waals surface area contributed by atoms with Gasteiger partial charge in [-0.3, -0.25) is 9.69 Å². The molecule has 0 saturated carbocycles. The number of nitrogen functional groups attached to an aromatic ring is 1. The van der Waals surface area contributed by atoms with Crippen LogP contribution < -0.4 is 5.73 Å². The molecule has 0 aromatic heterocycles. The van der Waals surface area contributed by atoms with Gasteiger partial charge in [0.1, 0.15) is 0 Å². The average Bonchev–Trinajstić information content (AvgIpc) is 2.38. The van der Waals surface area contributed by atoms with Crippen LogP contribution in [0.2, 0.25) is 0 Å². The highest BCUT2D eigenvalue weighted by Crippen LogP contribution is 2.17. The lowest BCUT2D eigenvalue weighted by Gasteiger charge is -2.39. The molecule has 104 valence electrons. The molecule has 0 aliphatic carbocycles. The van der Waals surface area contributed by atoms with Crippen molar-refractivity contribution in [2.45, 2.75) is 26.8 Å². The zero-order chi connectivity index (χ0) is 14.0. The zero-order valence-corrected chi connectivity index (χ0v) is 12.0. The SMILES string of the molecule is CCN1CCN(C(=O)c2ccc(N)cc2C)CC1C. The minimum atomic E-state index is 0.125. The van der Waals surface area contributed by atoms with E-state index in [0.29, 0.717) is 11.7 Å². The summed E-state index contributed by atoms with van der Waals surface area (Å²) in [4.78, 5) is 16.9. The van der Waals surface area contributed by atoms with Gasteiger partial charge in [-0.15, -0.1) is 0 Å². The Morgan fingerprint density at radius 3 is 2.74 bits per heavy atom. The van der Waals surface area contributed by atoms with Crippen molar-refractivity contribution in [2.24, 2.45) is 0 Å². The number of nitrogens with zero attached hydrogens (tertiary/aromatic N) is 2. The molecule has 0 spiro atoms. The number of hydrogen-bond donors (Lipinski definition) is 1. The van der Waals surface area contributed by atoms with Crippen molar-refractivity contribution in [3.8, 4) is 0 Å². The lowest BCUT2D eigenvalue weighted by molar-refractivity contribution is 0.0527. The summed E-state index contributed by atoms with van der Waals surface area (Å²) in [5, 5.41) is 0. The third kappa shape index (κ3) is 2.89. The quantitative estimate of drug-likeness (QED) is 0.825. The van der Waals surface area contributed by atoms with Gasteiger partial charge in [0.15, 0.2) is 0 Å². The molecule has 1 amide bonds. The smallest absolute Gasteiger partial charge is 0.254 e. The summed E-state index contributed by atoms with van der Waals surface area (Å²) >= 11 is 0. The van der Waals surface area contributed by atoms with Crippen LogP contribution in [0.25, 0.3) is 0 Å². The number of carbonyl (C=O) groups excluding carboxylic acids is 1. The number of hydrogen-bond acceptors (Lipinski definition) is 3. The summed E-state index contributed by atoms with van der Waals surface area (Å²) in [5.41, 5.74) is 8.16. The Morgan fingerprint density at radius 2 is 2.16 bits per heavy atom. The molecule has 0 radical (unpaired) electrons. The molecule has 1 aromatic rings. The van der Waals surface area contributed by atoms with E-state index >= 15 is 0 Å². The summed E-state index contributed by atoms with van der Waals surface area (Å²) in [7, 11) is 0. The molecular formula is C15H23N3O. The minimum Gasteiger partial charge on any atom is -0.399 e. The molecule has 1 aliphatic rings. The number of likely N-dealkylation sites (N-methyl/N-ethyl adjacent to an activating group) is 1. The molecule has 4 heteroatoms. The van der Waals surface area contributed by atoms with Crippen molar-refractivity contribution in [1.29, 1.82) is 0 Å². The van der Waals surface area contributed by atoms with Gasteiger partial charge >= 0.3 is 0 Å². The van der Waals surface area contributed by atoms with E-state index in [-0.39, 0.29) is 5.91 Å². The highest BCUT2D eigenvalue weighted by molar-refractivity contribution is 5.96. The Hall–Kier alpha value is -1.55. The number of carbonyl (C=O) groups is 1. The maximum absolute atomic E-state index is 12.5. The summed E-state index contributed by atoms with van der Waals surface area (Å²) in [6, 6.07) is 5.92. The highest BCUT2D eigenvalue weighted by atomic mass is 16.2. The van der Waals surface area contributed by atoms with Crippen LogP contribution in [0.15, 0.2) is 18.2 Å². The number of amides is 1. The molecule has 1 saturated heterocycles. The first-order valence-corrected chi connectivity index (χ1v) is 6.92. The van der Waals surface area contributed by atoms with Crippen molar-refractivity contribution < 1.29 is 4.79 Å². The largest absolute Gasteiger partial charge is 0.399 e. The predicted octanol–water partition coefficient (Wildman–Crippen LogP) is 1.74. The van der Waals surface area contributed by atoms with Gasteiger partial charge in [0.2, 0.25) is 0 Å². The number of aryl methyl sites for hydroxylation is 1. The number of benzene rings is 1. The second kappa shape index (κ2) is 5.61. The van der Waals surface area contributed by atoms with Crippen molar-refractivity contribution in [1.82, 2.24) is 9.80 Å². The molecule has 19 heavy (non-hydrogen) atoms. The van der Waals surface area contributed by atoms with Gasteiger partial charge < -0.3 is 10.6 Å². The number of nitrogens with two attached hydrogens (primary N) is 1. The molecule has 1 aromatic carbocycles. The maximum atomic E-state index is 12.5. The van der Waals surface area contributed by atoms with Crippen molar-refractivity contribution in [2.75, 3.05) is 31.9 Å². The Kier molecular flexibility index (Phi) is 4.10. The summed E-state index contributed by atoms with van der Waals surface area (Å²) in [6.45, 7) is 9.89. The van der Waals surface area contributed by atoms with Crippen molar-refractivity contribution >= 4 is 11.6 Å². The van der Waals surface area contributed by atoms with Crippen LogP contribution in [0.3, 0.4) is 0 Å². The van der Waals surface area contributed by atoms with Gasteiger partial charge in [0.05, 0.1) is 0 Å². The fourth-order valence-corrected chi connectivity index (χ4v) is 2.75. The van der Waals surface area contributed by atoms with Crippen LogP contribution in [0, 0.1) is 6.92 Å². The van der Waals surface area contributed by atoms with Crippen LogP contribution in [0.1, 0.15) is 29.8 Å².